The molecule has 0 saturated heterocycles. The summed E-state index contributed by atoms with van der Waals surface area (Å²) in [6.45, 7) is 2.26. The predicted molar refractivity (Wildman–Crippen MR) is 121 cm³/mol. The smallest absolute Gasteiger partial charge is 0.338 e. The number of esters is 1. The van der Waals surface area contributed by atoms with E-state index in [4.69, 9.17) is 14.2 Å². The SMILES string of the molecule is CCOC(=O)c1ccc(OCC(=O)NN=Cc2ccccc2OCc2ccccc2)cc1. The van der Waals surface area contributed by atoms with Crippen LogP contribution in [-0.4, -0.2) is 31.3 Å². The molecule has 0 aliphatic carbocycles. The molecule has 3 aromatic rings. The van der Waals surface area contributed by atoms with E-state index >= 15 is 0 Å². The maximum atomic E-state index is 12.0. The highest BCUT2D eigenvalue weighted by molar-refractivity contribution is 5.89. The number of carbonyl (C=O) groups excluding carboxylic acids is 2. The third-order valence-electron chi connectivity index (χ3n) is 4.28. The minimum absolute atomic E-state index is 0.220. The van der Waals surface area contributed by atoms with Crippen LogP contribution >= 0.6 is 0 Å². The van der Waals surface area contributed by atoms with Gasteiger partial charge in [-0.05, 0) is 48.9 Å². The van der Waals surface area contributed by atoms with Gasteiger partial charge < -0.3 is 14.2 Å². The highest BCUT2D eigenvalue weighted by Crippen LogP contribution is 2.17. The van der Waals surface area contributed by atoms with Crippen LogP contribution in [0.25, 0.3) is 0 Å². The van der Waals surface area contributed by atoms with Gasteiger partial charge in [-0.25, -0.2) is 10.2 Å². The molecule has 0 fully saturated rings. The maximum absolute atomic E-state index is 12.0. The van der Waals surface area contributed by atoms with E-state index in [0.29, 0.717) is 30.3 Å². The van der Waals surface area contributed by atoms with E-state index in [-0.39, 0.29) is 6.61 Å². The molecule has 0 heterocycles. The molecule has 0 unspecified atom stereocenters. The fraction of sp³-hybridized carbons (Fsp3) is 0.160. The fourth-order valence-corrected chi connectivity index (χ4v) is 2.71. The highest BCUT2D eigenvalue weighted by atomic mass is 16.5. The molecule has 1 N–H and O–H groups in total. The molecule has 3 rings (SSSR count). The number of ether oxygens (including phenoxy) is 3. The average Bonchev–Trinajstić information content (AvgIpc) is 2.83. The molecule has 3 aromatic carbocycles. The Kier molecular flexibility index (Phi) is 8.39. The van der Waals surface area contributed by atoms with Gasteiger partial charge in [0.15, 0.2) is 6.61 Å². The predicted octanol–water partition coefficient (Wildman–Crippen LogP) is 3.97. The molecule has 1 amide bonds. The van der Waals surface area contributed by atoms with Crippen LogP contribution in [0.5, 0.6) is 11.5 Å². The van der Waals surface area contributed by atoms with Gasteiger partial charge in [0.1, 0.15) is 18.1 Å². The minimum atomic E-state index is -0.418. The Morgan fingerprint density at radius 3 is 2.38 bits per heavy atom. The maximum Gasteiger partial charge on any atom is 0.338 e. The molecule has 0 spiro atoms. The van der Waals surface area contributed by atoms with Gasteiger partial charge in [-0.3, -0.25) is 4.79 Å². The summed E-state index contributed by atoms with van der Waals surface area (Å²) < 4.78 is 16.2. The molecule has 0 aromatic heterocycles. The van der Waals surface area contributed by atoms with Crippen LogP contribution in [0.15, 0.2) is 84.0 Å². The molecule has 164 valence electrons. The fourth-order valence-electron chi connectivity index (χ4n) is 2.71. The van der Waals surface area contributed by atoms with Crippen LogP contribution in [0.2, 0.25) is 0 Å². The molecule has 7 nitrogen and oxygen atoms in total. The summed E-state index contributed by atoms with van der Waals surface area (Å²) in [5.74, 6) is 0.293. The lowest BCUT2D eigenvalue weighted by molar-refractivity contribution is -0.123. The second-order valence-corrected chi connectivity index (χ2v) is 6.64. The Labute approximate surface area is 186 Å². The summed E-state index contributed by atoms with van der Waals surface area (Å²) in [5, 5.41) is 3.98. The average molecular weight is 432 g/mol. The van der Waals surface area contributed by atoms with Gasteiger partial charge in [-0.2, -0.15) is 5.10 Å². The van der Waals surface area contributed by atoms with Gasteiger partial charge in [0.05, 0.1) is 18.4 Å². The van der Waals surface area contributed by atoms with Crippen molar-refractivity contribution in [1.29, 1.82) is 0 Å². The molecular weight excluding hydrogens is 408 g/mol. The second-order valence-electron chi connectivity index (χ2n) is 6.64. The lowest BCUT2D eigenvalue weighted by atomic mass is 10.2. The van der Waals surface area contributed by atoms with Crippen LogP contribution in [0, 0.1) is 0 Å². The van der Waals surface area contributed by atoms with Crippen molar-refractivity contribution in [2.75, 3.05) is 13.2 Å². The third-order valence-corrected chi connectivity index (χ3v) is 4.28. The zero-order chi connectivity index (χ0) is 22.6. The standard InChI is InChI=1S/C25H24N2O5/c1-2-30-25(29)20-12-14-22(15-13-20)31-18-24(28)27-26-16-21-10-6-7-11-23(21)32-17-19-8-4-3-5-9-19/h3-16H,2,17-18H2,1H3,(H,27,28). The van der Waals surface area contributed by atoms with Crippen molar-refractivity contribution in [2.45, 2.75) is 13.5 Å². The molecule has 0 atom stereocenters. The third kappa shape index (κ3) is 6.98. The van der Waals surface area contributed by atoms with E-state index in [1.807, 2.05) is 54.6 Å². The van der Waals surface area contributed by atoms with Gasteiger partial charge >= 0.3 is 5.97 Å². The molecule has 0 bridgehead atoms. The largest absolute Gasteiger partial charge is 0.488 e. The van der Waals surface area contributed by atoms with Crippen molar-refractivity contribution >= 4 is 18.1 Å². The zero-order valence-electron chi connectivity index (χ0n) is 17.7. The van der Waals surface area contributed by atoms with Crippen LogP contribution in [-0.2, 0) is 16.1 Å². The Morgan fingerprint density at radius 1 is 0.906 bits per heavy atom. The van der Waals surface area contributed by atoms with Crippen molar-refractivity contribution < 1.29 is 23.8 Å². The molecular formula is C25H24N2O5. The van der Waals surface area contributed by atoms with E-state index in [2.05, 4.69) is 10.5 Å². The first-order chi connectivity index (χ1) is 15.7. The van der Waals surface area contributed by atoms with E-state index < -0.39 is 11.9 Å². The summed E-state index contributed by atoms with van der Waals surface area (Å²) in [7, 11) is 0. The number of carbonyl (C=O) groups is 2. The van der Waals surface area contributed by atoms with Gasteiger partial charge in [-0.1, -0.05) is 42.5 Å². The molecule has 0 saturated carbocycles. The Morgan fingerprint density at radius 2 is 1.62 bits per heavy atom. The zero-order valence-corrected chi connectivity index (χ0v) is 17.7. The van der Waals surface area contributed by atoms with Crippen LogP contribution in [0.3, 0.4) is 0 Å². The molecule has 32 heavy (non-hydrogen) atoms. The van der Waals surface area contributed by atoms with E-state index in [0.717, 1.165) is 11.1 Å². The Hall–Kier alpha value is -4.13. The lowest BCUT2D eigenvalue weighted by Gasteiger charge is -2.09. The quantitative estimate of drug-likeness (QED) is 0.298. The van der Waals surface area contributed by atoms with E-state index in [9.17, 15) is 9.59 Å². The number of hydrogen-bond donors (Lipinski definition) is 1. The number of nitrogens with one attached hydrogen (secondary N) is 1. The highest BCUT2D eigenvalue weighted by Gasteiger charge is 2.07. The summed E-state index contributed by atoms with van der Waals surface area (Å²) in [6, 6.07) is 23.6. The van der Waals surface area contributed by atoms with Crippen LogP contribution < -0.4 is 14.9 Å². The molecule has 0 aliphatic heterocycles. The van der Waals surface area contributed by atoms with E-state index in [1.54, 1.807) is 31.2 Å². The molecule has 7 heteroatoms. The second kappa shape index (κ2) is 11.9. The molecule has 0 radical (unpaired) electrons. The number of hydrogen-bond acceptors (Lipinski definition) is 6. The van der Waals surface area contributed by atoms with Crippen molar-refractivity contribution in [3.05, 3.63) is 95.6 Å². The number of benzene rings is 3. The number of hydrazone groups is 1. The normalized spacial score (nSPS) is 10.5. The van der Waals surface area contributed by atoms with Crippen molar-refractivity contribution in [3.63, 3.8) is 0 Å². The Bertz CT molecular complexity index is 1050. The first kappa shape index (κ1) is 22.6. The summed E-state index contributed by atoms with van der Waals surface area (Å²) >= 11 is 0. The first-order valence-corrected chi connectivity index (χ1v) is 10.1. The van der Waals surface area contributed by atoms with Crippen LogP contribution in [0.1, 0.15) is 28.4 Å². The van der Waals surface area contributed by atoms with Gasteiger partial charge in [-0.15, -0.1) is 0 Å². The monoisotopic (exact) mass is 432 g/mol. The first-order valence-electron chi connectivity index (χ1n) is 10.1. The van der Waals surface area contributed by atoms with Gasteiger partial charge in [0.2, 0.25) is 0 Å². The van der Waals surface area contributed by atoms with Crippen molar-refractivity contribution in [3.8, 4) is 11.5 Å². The minimum Gasteiger partial charge on any atom is -0.488 e. The summed E-state index contributed by atoms with van der Waals surface area (Å²) in [6.07, 6.45) is 1.52. The number of amides is 1. The summed E-state index contributed by atoms with van der Waals surface area (Å²) in [5.41, 5.74) is 4.63. The van der Waals surface area contributed by atoms with Crippen molar-refractivity contribution in [2.24, 2.45) is 5.10 Å². The van der Waals surface area contributed by atoms with Crippen molar-refractivity contribution in [1.82, 2.24) is 5.43 Å². The molecule has 0 aliphatic rings. The topological polar surface area (TPSA) is 86.2 Å². The van der Waals surface area contributed by atoms with E-state index in [1.165, 1.54) is 6.21 Å². The summed E-state index contributed by atoms with van der Waals surface area (Å²) in [4.78, 5) is 23.6. The Balaban J connectivity index is 1.47. The van der Waals surface area contributed by atoms with Crippen LogP contribution in [0.4, 0.5) is 0 Å². The number of nitrogens with zero attached hydrogens (tertiary/aromatic N) is 1. The van der Waals surface area contributed by atoms with Gasteiger partial charge in [0, 0.05) is 5.56 Å². The van der Waals surface area contributed by atoms with Gasteiger partial charge in [0.25, 0.3) is 5.91 Å². The number of para-hydroxylation sites is 1. The lowest BCUT2D eigenvalue weighted by Crippen LogP contribution is -2.24. The number of rotatable bonds is 10.